The maximum atomic E-state index is 5.73. The molecule has 0 amide bonds. The first-order valence-electron chi connectivity index (χ1n) is 5.03. The molecule has 0 aliphatic heterocycles. The Morgan fingerprint density at radius 1 is 1.43 bits per heavy atom. The fourth-order valence-corrected chi connectivity index (χ4v) is 1.54. The van der Waals surface area contributed by atoms with E-state index in [9.17, 15) is 0 Å². The second-order valence-corrected chi connectivity index (χ2v) is 3.76. The molecule has 0 aliphatic rings. The van der Waals surface area contributed by atoms with Crippen molar-refractivity contribution in [1.29, 1.82) is 0 Å². The second kappa shape index (κ2) is 5.01. The molecule has 0 unspecified atom stereocenters. The molecule has 1 aromatic carbocycles. The minimum absolute atomic E-state index is 0.264. The molecule has 2 heteroatoms. The van der Waals surface area contributed by atoms with Crippen molar-refractivity contribution in [2.24, 2.45) is 5.73 Å². The van der Waals surface area contributed by atoms with Crippen molar-refractivity contribution >= 4 is 0 Å². The van der Waals surface area contributed by atoms with Gasteiger partial charge < -0.3 is 10.5 Å². The van der Waals surface area contributed by atoms with Gasteiger partial charge >= 0.3 is 0 Å². The largest absolute Gasteiger partial charge is 0.496 e. The highest BCUT2D eigenvalue weighted by Gasteiger charge is 2.04. The Labute approximate surface area is 86.1 Å². The molecular weight excluding hydrogens is 174 g/mol. The molecule has 0 radical (unpaired) electrons. The van der Waals surface area contributed by atoms with E-state index in [0.717, 1.165) is 18.6 Å². The van der Waals surface area contributed by atoms with Gasteiger partial charge in [-0.05, 0) is 43.9 Å². The molecular formula is C12H19NO. The normalized spacial score (nSPS) is 12.6. The number of hydrogen-bond donors (Lipinski definition) is 1. The Morgan fingerprint density at radius 2 is 2.14 bits per heavy atom. The van der Waals surface area contributed by atoms with E-state index in [4.69, 9.17) is 10.5 Å². The van der Waals surface area contributed by atoms with E-state index in [0.29, 0.717) is 0 Å². The number of rotatable bonds is 4. The number of benzene rings is 1. The molecule has 0 spiro atoms. The molecule has 14 heavy (non-hydrogen) atoms. The van der Waals surface area contributed by atoms with Crippen LogP contribution in [0.15, 0.2) is 18.2 Å². The third-order valence-electron chi connectivity index (χ3n) is 2.49. The summed E-state index contributed by atoms with van der Waals surface area (Å²) >= 11 is 0. The van der Waals surface area contributed by atoms with Gasteiger partial charge in [0.2, 0.25) is 0 Å². The zero-order valence-electron chi connectivity index (χ0n) is 9.21. The van der Waals surface area contributed by atoms with E-state index in [1.165, 1.54) is 11.1 Å². The van der Waals surface area contributed by atoms with Crippen LogP contribution in [0.3, 0.4) is 0 Å². The van der Waals surface area contributed by atoms with Gasteiger partial charge in [-0.2, -0.15) is 0 Å². The summed E-state index contributed by atoms with van der Waals surface area (Å²) in [6, 6.07) is 6.42. The Bertz CT molecular complexity index is 294. The lowest BCUT2D eigenvalue weighted by Crippen LogP contribution is -2.15. The first-order valence-corrected chi connectivity index (χ1v) is 5.03. The van der Waals surface area contributed by atoms with Crippen LogP contribution in [0.2, 0.25) is 0 Å². The molecule has 0 fully saturated rings. The summed E-state index contributed by atoms with van der Waals surface area (Å²) < 4.78 is 5.26. The van der Waals surface area contributed by atoms with Crippen LogP contribution in [-0.2, 0) is 6.42 Å². The van der Waals surface area contributed by atoms with Gasteiger partial charge in [0, 0.05) is 6.04 Å². The van der Waals surface area contributed by atoms with Gasteiger partial charge in [0.1, 0.15) is 5.75 Å². The fraction of sp³-hybridized carbons (Fsp3) is 0.500. The summed E-state index contributed by atoms with van der Waals surface area (Å²) in [6.45, 7) is 4.13. The van der Waals surface area contributed by atoms with Crippen LogP contribution in [0.1, 0.15) is 24.5 Å². The van der Waals surface area contributed by atoms with Crippen LogP contribution in [0.25, 0.3) is 0 Å². The van der Waals surface area contributed by atoms with Crippen molar-refractivity contribution in [3.8, 4) is 5.75 Å². The highest BCUT2D eigenvalue weighted by atomic mass is 16.5. The molecule has 2 N–H and O–H groups in total. The highest BCUT2D eigenvalue weighted by Crippen LogP contribution is 2.21. The molecule has 1 atom stereocenters. The summed E-state index contributed by atoms with van der Waals surface area (Å²) in [5.74, 6) is 0.965. The lowest BCUT2D eigenvalue weighted by molar-refractivity contribution is 0.411. The first-order chi connectivity index (χ1) is 6.65. The van der Waals surface area contributed by atoms with Crippen molar-refractivity contribution < 1.29 is 4.74 Å². The Balaban J connectivity index is 2.76. The van der Waals surface area contributed by atoms with Crippen molar-refractivity contribution in [2.75, 3.05) is 7.11 Å². The molecule has 0 heterocycles. The van der Waals surface area contributed by atoms with Crippen LogP contribution in [-0.4, -0.2) is 13.2 Å². The zero-order chi connectivity index (χ0) is 10.6. The Hall–Kier alpha value is -1.02. The summed E-state index contributed by atoms with van der Waals surface area (Å²) in [6.07, 6.45) is 2.05. The van der Waals surface area contributed by atoms with E-state index in [1.54, 1.807) is 7.11 Å². The summed E-state index contributed by atoms with van der Waals surface area (Å²) in [5, 5.41) is 0. The topological polar surface area (TPSA) is 35.2 Å². The average Bonchev–Trinajstić information content (AvgIpc) is 2.16. The number of nitrogens with two attached hydrogens (primary N) is 1. The lowest BCUT2D eigenvalue weighted by Gasteiger charge is -2.11. The number of aryl methyl sites for hydroxylation is 1. The average molecular weight is 193 g/mol. The molecule has 0 aromatic heterocycles. The van der Waals surface area contributed by atoms with Gasteiger partial charge in [0.25, 0.3) is 0 Å². The van der Waals surface area contributed by atoms with Gasteiger partial charge in [-0.15, -0.1) is 0 Å². The summed E-state index contributed by atoms with van der Waals surface area (Å²) in [4.78, 5) is 0. The Morgan fingerprint density at radius 3 is 2.71 bits per heavy atom. The van der Waals surface area contributed by atoms with Gasteiger partial charge in [-0.25, -0.2) is 0 Å². The maximum absolute atomic E-state index is 5.73. The van der Waals surface area contributed by atoms with E-state index in [2.05, 4.69) is 13.0 Å². The highest BCUT2D eigenvalue weighted by molar-refractivity contribution is 5.39. The first kappa shape index (κ1) is 11.1. The van der Waals surface area contributed by atoms with Gasteiger partial charge in [-0.1, -0.05) is 12.1 Å². The second-order valence-electron chi connectivity index (χ2n) is 3.76. The number of hydrogen-bond acceptors (Lipinski definition) is 2. The zero-order valence-corrected chi connectivity index (χ0v) is 9.21. The lowest BCUT2D eigenvalue weighted by atomic mass is 10.0. The van der Waals surface area contributed by atoms with Crippen molar-refractivity contribution in [2.45, 2.75) is 32.7 Å². The summed E-state index contributed by atoms with van der Waals surface area (Å²) in [7, 11) is 1.71. The monoisotopic (exact) mass is 193 g/mol. The molecule has 0 saturated heterocycles. The van der Waals surface area contributed by atoms with E-state index >= 15 is 0 Å². The standard InChI is InChI=1S/C12H19NO/c1-9(13)7-8-11-5-4-6-12(14-3)10(11)2/h4-6,9H,7-8,13H2,1-3H3/t9-/m1/s1. The fourth-order valence-electron chi connectivity index (χ4n) is 1.54. The molecule has 2 nitrogen and oxygen atoms in total. The van der Waals surface area contributed by atoms with Crippen LogP contribution >= 0.6 is 0 Å². The van der Waals surface area contributed by atoms with Gasteiger partial charge in [0.15, 0.2) is 0 Å². The van der Waals surface area contributed by atoms with Crippen molar-refractivity contribution in [3.63, 3.8) is 0 Å². The molecule has 0 bridgehead atoms. The van der Waals surface area contributed by atoms with Crippen LogP contribution in [0.4, 0.5) is 0 Å². The number of ether oxygens (including phenoxy) is 1. The quantitative estimate of drug-likeness (QED) is 0.796. The van der Waals surface area contributed by atoms with Crippen molar-refractivity contribution in [1.82, 2.24) is 0 Å². The molecule has 1 aromatic rings. The molecule has 0 aliphatic carbocycles. The maximum Gasteiger partial charge on any atom is 0.122 e. The van der Waals surface area contributed by atoms with Gasteiger partial charge in [0.05, 0.1) is 7.11 Å². The van der Waals surface area contributed by atoms with E-state index in [-0.39, 0.29) is 6.04 Å². The summed E-state index contributed by atoms with van der Waals surface area (Å²) in [5.41, 5.74) is 8.30. The van der Waals surface area contributed by atoms with E-state index in [1.807, 2.05) is 19.1 Å². The minimum Gasteiger partial charge on any atom is -0.496 e. The molecule has 78 valence electrons. The van der Waals surface area contributed by atoms with Crippen LogP contribution in [0, 0.1) is 6.92 Å². The predicted molar refractivity (Wildman–Crippen MR) is 59.7 cm³/mol. The van der Waals surface area contributed by atoms with Crippen molar-refractivity contribution in [3.05, 3.63) is 29.3 Å². The smallest absolute Gasteiger partial charge is 0.122 e. The minimum atomic E-state index is 0.264. The van der Waals surface area contributed by atoms with Gasteiger partial charge in [-0.3, -0.25) is 0 Å². The third kappa shape index (κ3) is 2.74. The Kier molecular flexibility index (Phi) is 3.96. The third-order valence-corrected chi connectivity index (χ3v) is 2.49. The van der Waals surface area contributed by atoms with E-state index < -0.39 is 0 Å². The predicted octanol–water partition coefficient (Wildman–Crippen LogP) is 2.28. The SMILES string of the molecule is COc1cccc(CC[C@@H](C)N)c1C. The molecule has 0 saturated carbocycles. The number of methoxy groups -OCH3 is 1. The van der Waals surface area contributed by atoms with Crippen LogP contribution < -0.4 is 10.5 Å². The molecule has 1 rings (SSSR count). The van der Waals surface area contributed by atoms with Crippen LogP contribution in [0.5, 0.6) is 5.75 Å².